The summed E-state index contributed by atoms with van der Waals surface area (Å²) in [5.74, 6) is 2.55. The van der Waals surface area contributed by atoms with Gasteiger partial charge >= 0.3 is 0 Å². The molecule has 4 rings (SSSR count). The first kappa shape index (κ1) is 15.3. The van der Waals surface area contributed by atoms with Crippen molar-refractivity contribution >= 4 is 17.0 Å². The molecule has 0 spiro atoms. The first-order valence-corrected chi connectivity index (χ1v) is 9.04. The number of anilines is 1. The molecule has 0 saturated carbocycles. The van der Waals surface area contributed by atoms with Crippen LogP contribution in [0.2, 0.25) is 0 Å². The van der Waals surface area contributed by atoms with Crippen molar-refractivity contribution in [3.05, 3.63) is 52.7 Å². The van der Waals surface area contributed by atoms with Crippen molar-refractivity contribution in [2.75, 3.05) is 18.6 Å². The van der Waals surface area contributed by atoms with E-state index in [0.717, 1.165) is 53.9 Å². The highest BCUT2D eigenvalue weighted by molar-refractivity contribution is 7.13. The van der Waals surface area contributed by atoms with Gasteiger partial charge in [-0.15, -0.1) is 11.3 Å². The van der Waals surface area contributed by atoms with Crippen molar-refractivity contribution in [2.45, 2.75) is 26.3 Å². The maximum Gasteiger partial charge on any atom is 0.236 e. The number of benzene rings is 1. The van der Waals surface area contributed by atoms with Crippen LogP contribution in [0.15, 0.2) is 40.1 Å². The Bertz CT molecular complexity index is 839. The molecule has 1 aromatic carbocycles. The zero-order valence-electron chi connectivity index (χ0n) is 13.9. The average Bonchev–Trinajstić information content (AvgIpc) is 3.25. The summed E-state index contributed by atoms with van der Waals surface area (Å²) in [6.45, 7) is 3.82. The van der Waals surface area contributed by atoms with E-state index in [0.29, 0.717) is 0 Å². The van der Waals surface area contributed by atoms with Gasteiger partial charge in [0.15, 0.2) is 0 Å². The summed E-state index contributed by atoms with van der Waals surface area (Å²) in [4.78, 5) is 8.20. The van der Waals surface area contributed by atoms with Crippen molar-refractivity contribution in [2.24, 2.45) is 0 Å². The monoisotopic (exact) mass is 340 g/mol. The summed E-state index contributed by atoms with van der Waals surface area (Å²) in [5, 5.41) is 2.04. The smallest absolute Gasteiger partial charge is 0.236 e. The van der Waals surface area contributed by atoms with Crippen LogP contribution in [0.25, 0.3) is 10.8 Å². The molecule has 0 aliphatic carbocycles. The molecule has 0 bridgehead atoms. The molecule has 0 saturated heterocycles. The van der Waals surface area contributed by atoms with E-state index in [1.165, 1.54) is 11.3 Å². The molecule has 0 N–H and O–H groups in total. The van der Waals surface area contributed by atoms with Gasteiger partial charge < -0.3 is 14.1 Å². The fraction of sp³-hybridized carbons (Fsp3) is 0.316. The Morgan fingerprint density at radius 3 is 3.04 bits per heavy atom. The minimum absolute atomic E-state index is 0.726. The highest BCUT2D eigenvalue weighted by Gasteiger charge is 2.21. The Balaban J connectivity index is 1.61. The van der Waals surface area contributed by atoms with Gasteiger partial charge in [0.1, 0.15) is 17.2 Å². The third-order valence-electron chi connectivity index (χ3n) is 4.47. The highest BCUT2D eigenvalue weighted by atomic mass is 32.1. The molecule has 4 nitrogen and oxygen atoms in total. The molecule has 24 heavy (non-hydrogen) atoms. The lowest BCUT2D eigenvalue weighted by Gasteiger charge is -2.31. The normalized spacial score (nSPS) is 13.8. The van der Waals surface area contributed by atoms with Crippen molar-refractivity contribution in [1.82, 2.24) is 4.98 Å². The van der Waals surface area contributed by atoms with Crippen LogP contribution in [0.1, 0.15) is 23.4 Å². The van der Waals surface area contributed by atoms with Crippen molar-refractivity contribution in [3.8, 4) is 16.5 Å². The van der Waals surface area contributed by atoms with E-state index >= 15 is 0 Å². The molecular formula is C19H20N2O2S. The van der Waals surface area contributed by atoms with Gasteiger partial charge in [0.05, 0.1) is 18.5 Å². The third-order valence-corrected chi connectivity index (χ3v) is 5.32. The minimum Gasteiger partial charge on any atom is -0.497 e. The standard InChI is InChI=1S/C19H20N2O2S/c1-13-16(20-19(23-13)18-6-4-10-24-18)12-21-9-3-5-14-11-15(22-2)7-8-17(14)21/h4,6-8,10-11H,3,5,9,12H2,1-2H3. The van der Waals surface area contributed by atoms with E-state index in [1.54, 1.807) is 18.4 Å². The number of hydrogen-bond acceptors (Lipinski definition) is 5. The number of oxazole rings is 1. The van der Waals surface area contributed by atoms with Crippen molar-refractivity contribution < 1.29 is 9.15 Å². The van der Waals surface area contributed by atoms with Crippen LogP contribution in [0.4, 0.5) is 5.69 Å². The number of aryl methyl sites for hydroxylation is 2. The van der Waals surface area contributed by atoms with Gasteiger partial charge in [-0.1, -0.05) is 6.07 Å². The topological polar surface area (TPSA) is 38.5 Å². The van der Waals surface area contributed by atoms with Gasteiger partial charge in [-0.3, -0.25) is 0 Å². The fourth-order valence-electron chi connectivity index (χ4n) is 3.20. The molecule has 0 fully saturated rings. The lowest BCUT2D eigenvalue weighted by molar-refractivity contribution is 0.414. The second kappa shape index (κ2) is 6.32. The van der Waals surface area contributed by atoms with E-state index in [-0.39, 0.29) is 0 Å². The van der Waals surface area contributed by atoms with E-state index in [1.807, 2.05) is 30.5 Å². The molecule has 3 aromatic rings. The lowest BCUT2D eigenvalue weighted by atomic mass is 10.0. The zero-order valence-corrected chi connectivity index (χ0v) is 14.7. The first-order valence-electron chi connectivity index (χ1n) is 8.16. The van der Waals surface area contributed by atoms with Crippen LogP contribution in [0, 0.1) is 6.92 Å². The lowest BCUT2D eigenvalue weighted by Crippen LogP contribution is -2.29. The van der Waals surface area contributed by atoms with Crippen LogP contribution in [0.3, 0.4) is 0 Å². The zero-order chi connectivity index (χ0) is 16.5. The molecule has 1 aliphatic heterocycles. The van der Waals surface area contributed by atoms with Gasteiger partial charge in [-0.25, -0.2) is 4.98 Å². The number of aromatic nitrogens is 1. The van der Waals surface area contributed by atoms with Gasteiger partial charge in [0.2, 0.25) is 5.89 Å². The highest BCUT2D eigenvalue weighted by Crippen LogP contribution is 2.33. The number of rotatable bonds is 4. The minimum atomic E-state index is 0.726. The Morgan fingerprint density at radius 2 is 2.25 bits per heavy atom. The molecule has 0 amide bonds. The van der Waals surface area contributed by atoms with Crippen LogP contribution in [-0.4, -0.2) is 18.6 Å². The summed E-state index contributed by atoms with van der Waals surface area (Å²) < 4.78 is 11.2. The Hall–Kier alpha value is -2.27. The number of ether oxygens (including phenoxy) is 1. The summed E-state index contributed by atoms with van der Waals surface area (Å²) in [7, 11) is 1.72. The summed E-state index contributed by atoms with van der Waals surface area (Å²) >= 11 is 1.65. The predicted octanol–water partition coefficient (Wildman–Crippen LogP) is 4.67. The van der Waals surface area contributed by atoms with Crippen LogP contribution < -0.4 is 9.64 Å². The van der Waals surface area contributed by atoms with Gasteiger partial charge in [-0.2, -0.15) is 0 Å². The molecule has 124 valence electrons. The van der Waals surface area contributed by atoms with E-state index in [2.05, 4.69) is 17.0 Å². The molecule has 3 heterocycles. The van der Waals surface area contributed by atoms with E-state index in [4.69, 9.17) is 14.1 Å². The Morgan fingerprint density at radius 1 is 1.33 bits per heavy atom. The largest absolute Gasteiger partial charge is 0.497 e. The van der Waals surface area contributed by atoms with Crippen LogP contribution in [0.5, 0.6) is 5.75 Å². The maximum absolute atomic E-state index is 5.88. The Labute approximate surface area is 145 Å². The van der Waals surface area contributed by atoms with Crippen molar-refractivity contribution in [3.63, 3.8) is 0 Å². The number of fused-ring (bicyclic) bond motifs is 1. The Kier molecular flexibility index (Phi) is 4.02. The molecular weight excluding hydrogens is 320 g/mol. The fourth-order valence-corrected chi connectivity index (χ4v) is 3.85. The first-order chi connectivity index (χ1) is 11.7. The predicted molar refractivity (Wildman–Crippen MR) is 96.9 cm³/mol. The number of thiophene rings is 1. The molecule has 0 unspecified atom stereocenters. The number of nitrogens with zero attached hydrogens (tertiary/aromatic N) is 2. The van der Waals surface area contributed by atoms with Crippen LogP contribution in [-0.2, 0) is 13.0 Å². The summed E-state index contributed by atoms with van der Waals surface area (Å²) in [5.41, 5.74) is 3.64. The molecule has 0 atom stereocenters. The summed E-state index contributed by atoms with van der Waals surface area (Å²) in [6, 6.07) is 10.4. The second-order valence-electron chi connectivity index (χ2n) is 6.02. The molecule has 0 radical (unpaired) electrons. The van der Waals surface area contributed by atoms with Crippen LogP contribution >= 0.6 is 11.3 Å². The quantitative estimate of drug-likeness (QED) is 0.691. The van der Waals surface area contributed by atoms with Crippen molar-refractivity contribution in [1.29, 1.82) is 0 Å². The second-order valence-corrected chi connectivity index (χ2v) is 6.97. The molecule has 2 aromatic heterocycles. The number of methoxy groups -OCH3 is 1. The molecule has 5 heteroatoms. The molecule has 1 aliphatic rings. The SMILES string of the molecule is COc1ccc2c(c1)CCCN2Cc1nc(-c2cccs2)oc1C. The third kappa shape index (κ3) is 2.80. The average molecular weight is 340 g/mol. The van der Waals surface area contributed by atoms with E-state index < -0.39 is 0 Å². The summed E-state index contributed by atoms with van der Waals surface area (Å²) in [6.07, 6.45) is 2.25. The maximum atomic E-state index is 5.88. The number of hydrogen-bond donors (Lipinski definition) is 0. The van der Waals surface area contributed by atoms with Gasteiger partial charge in [0.25, 0.3) is 0 Å². The van der Waals surface area contributed by atoms with Gasteiger partial charge in [-0.05, 0) is 55.0 Å². The van der Waals surface area contributed by atoms with E-state index in [9.17, 15) is 0 Å². The van der Waals surface area contributed by atoms with Gasteiger partial charge in [0, 0.05) is 12.2 Å².